The smallest absolute Gasteiger partial charge is 0.253 e. The lowest BCUT2D eigenvalue weighted by Gasteiger charge is -2.10. The summed E-state index contributed by atoms with van der Waals surface area (Å²) in [5, 5.41) is 2.59. The van der Waals surface area contributed by atoms with Gasteiger partial charge in [-0.05, 0) is 18.6 Å². The van der Waals surface area contributed by atoms with E-state index < -0.39 is 21.7 Å². The van der Waals surface area contributed by atoms with E-state index >= 15 is 0 Å². The molecule has 1 N–H and O–H groups in total. The maximum absolute atomic E-state index is 12.5. The van der Waals surface area contributed by atoms with Crippen molar-refractivity contribution in [3.05, 3.63) is 29.8 Å². The van der Waals surface area contributed by atoms with E-state index in [1.54, 1.807) is 0 Å². The first-order valence-electron chi connectivity index (χ1n) is 5.09. The number of pyridine rings is 1. The molecule has 1 aromatic heterocycles. The predicted molar refractivity (Wildman–Crippen MR) is 58.7 cm³/mol. The molecule has 7 heteroatoms. The number of nitrogens with zero attached hydrogens (tertiary/aromatic N) is 1. The Balaban J connectivity index is 2.01. The Bertz CT molecular complexity index is 527. The third kappa shape index (κ3) is 3.00. The Labute approximate surface area is 98.0 Å². The fraction of sp³-hybridized carbons (Fsp3) is 0.400. The van der Waals surface area contributed by atoms with Crippen molar-refractivity contribution in [3.8, 4) is 0 Å². The molecule has 2 heterocycles. The minimum atomic E-state index is -3.02. The van der Waals surface area contributed by atoms with Crippen LogP contribution in [0.2, 0.25) is 0 Å². The second-order valence-electron chi connectivity index (χ2n) is 3.94. The number of carbonyl (C=O) groups is 1. The van der Waals surface area contributed by atoms with Crippen LogP contribution in [-0.4, -0.2) is 36.9 Å². The molecule has 0 saturated carbocycles. The molecule has 5 nitrogen and oxygen atoms in total. The third-order valence-corrected chi connectivity index (χ3v) is 4.33. The van der Waals surface area contributed by atoms with E-state index in [0.29, 0.717) is 6.42 Å². The molecule has 92 valence electrons. The number of hydrogen-bond donors (Lipinski definition) is 1. The molecule has 0 aliphatic carbocycles. The van der Waals surface area contributed by atoms with Gasteiger partial charge in [0.15, 0.2) is 9.84 Å². The highest BCUT2D eigenvalue weighted by Crippen LogP contribution is 2.12. The summed E-state index contributed by atoms with van der Waals surface area (Å²) in [5.41, 5.74) is 0.218. The van der Waals surface area contributed by atoms with E-state index in [4.69, 9.17) is 0 Å². The van der Waals surface area contributed by atoms with Crippen molar-refractivity contribution in [2.24, 2.45) is 0 Å². The zero-order chi connectivity index (χ0) is 12.5. The minimum absolute atomic E-state index is 0.0344. The molecule has 1 fully saturated rings. The van der Waals surface area contributed by atoms with Crippen molar-refractivity contribution in [2.45, 2.75) is 12.5 Å². The lowest BCUT2D eigenvalue weighted by Crippen LogP contribution is -2.35. The number of halogens is 1. The maximum atomic E-state index is 12.5. The summed E-state index contributed by atoms with van der Waals surface area (Å²) >= 11 is 0. The molecule has 0 aromatic carbocycles. The first kappa shape index (κ1) is 12.0. The summed E-state index contributed by atoms with van der Waals surface area (Å²) in [4.78, 5) is 15.0. The van der Waals surface area contributed by atoms with Gasteiger partial charge in [0.25, 0.3) is 5.91 Å². The summed E-state index contributed by atoms with van der Waals surface area (Å²) in [5.74, 6) is -1.03. The average molecular weight is 258 g/mol. The van der Waals surface area contributed by atoms with E-state index in [0.717, 1.165) is 12.3 Å². The van der Waals surface area contributed by atoms with Gasteiger partial charge in [0, 0.05) is 12.2 Å². The molecular weight excluding hydrogens is 247 g/mol. The number of aromatic nitrogens is 1. The molecule has 1 aliphatic heterocycles. The molecule has 1 aromatic rings. The van der Waals surface area contributed by atoms with Gasteiger partial charge >= 0.3 is 0 Å². The summed E-state index contributed by atoms with van der Waals surface area (Å²) < 4.78 is 34.9. The minimum Gasteiger partial charge on any atom is -0.348 e. The Morgan fingerprint density at radius 3 is 2.76 bits per heavy atom. The highest BCUT2D eigenvalue weighted by atomic mass is 32.2. The summed E-state index contributed by atoms with van der Waals surface area (Å²) in [7, 11) is -3.02. The first-order valence-corrected chi connectivity index (χ1v) is 6.91. The fourth-order valence-corrected chi connectivity index (χ4v) is 3.36. The Hall–Kier alpha value is -1.50. The van der Waals surface area contributed by atoms with E-state index in [2.05, 4.69) is 10.3 Å². The quantitative estimate of drug-likeness (QED) is 0.765. The zero-order valence-electron chi connectivity index (χ0n) is 8.89. The molecule has 2 rings (SSSR count). The van der Waals surface area contributed by atoms with Gasteiger partial charge in [-0.25, -0.2) is 13.4 Å². The first-order chi connectivity index (χ1) is 7.96. The second-order valence-corrected chi connectivity index (χ2v) is 6.17. The SMILES string of the molecule is O=C(NC1CCS(=O)(=O)C1)c1ccc(F)nc1. The normalized spacial score (nSPS) is 22.3. The van der Waals surface area contributed by atoms with Crippen molar-refractivity contribution in [3.63, 3.8) is 0 Å². The summed E-state index contributed by atoms with van der Waals surface area (Å²) in [6.45, 7) is 0. The van der Waals surface area contributed by atoms with Crippen molar-refractivity contribution in [1.82, 2.24) is 10.3 Å². The van der Waals surface area contributed by atoms with Gasteiger partial charge in [-0.2, -0.15) is 4.39 Å². The number of carbonyl (C=O) groups excluding carboxylic acids is 1. The lowest BCUT2D eigenvalue weighted by atomic mass is 10.2. The van der Waals surface area contributed by atoms with E-state index in [1.807, 2.05) is 0 Å². The number of hydrogen-bond acceptors (Lipinski definition) is 4. The van der Waals surface area contributed by atoms with Crippen LogP contribution in [0.3, 0.4) is 0 Å². The van der Waals surface area contributed by atoms with Crippen LogP contribution in [-0.2, 0) is 9.84 Å². The standard InChI is InChI=1S/C10H11FN2O3S/c11-9-2-1-7(5-12-9)10(14)13-8-3-4-17(15,16)6-8/h1-2,5,8H,3-4,6H2,(H,13,14). The molecule has 1 unspecified atom stereocenters. The zero-order valence-corrected chi connectivity index (χ0v) is 9.71. The Morgan fingerprint density at radius 2 is 2.24 bits per heavy atom. The van der Waals surface area contributed by atoms with Crippen molar-refractivity contribution in [2.75, 3.05) is 11.5 Å². The van der Waals surface area contributed by atoms with Crippen LogP contribution in [0.4, 0.5) is 4.39 Å². The number of nitrogens with one attached hydrogen (secondary N) is 1. The summed E-state index contributed by atoms with van der Waals surface area (Å²) in [6.07, 6.45) is 1.54. The van der Waals surface area contributed by atoms with Gasteiger partial charge in [0.05, 0.1) is 17.1 Å². The third-order valence-electron chi connectivity index (χ3n) is 2.56. The van der Waals surface area contributed by atoms with Gasteiger partial charge in [0.2, 0.25) is 5.95 Å². The second kappa shape index (κ2) is 4.40. The molecule has 0 radical (unpaired) electrons. The van der Waals surface area contributed by atoms with E-state index in [-0.39, 0.29) is 23.1 Å². The number of rotatable bonds is 2. The van der Waals surface area contributed by atoms with Gasteiger partial charge in [-0.1, -0.05) is 0 Å². The van der Waals surface area contributed by atoms with Crippen molar-refractivity contribution in [1.29, 1.82) is 0 Å². The highest BCUT2D eigenvalue weighted by molar-refractivity contribution is 7.91. The van der Waals surface area contributed by atoms with Gasteiger partial charge < -0.3 is 5.32 Å². The lowest BCUT2D eigenvalue weighted by molar-refractivity contribution is 0.0940. The molecule has 0 spiro atoms. The van der Waals surface area contributed by atoms with Gasteiger partial charge in [0.1, 0.15) is 0 Å². The molecule has 17 heavy (non-hydrogen) atoms. The highest BCUT2D eigenvalue weighted by Gasteiger charge is 2.29. The van der Waals surface area contributed by atoms with Crippen LogP contribution in [0.25, 0.3) is 0 Å². The van der Waals surface area contributed by atoms with Crippen molar-refractivity contribution < 1.29 is 17.6 Å². The van der Waals surface area contributed by atoms with E-state index in [1.165, 1.54) is 6.07 Å². The van der Waals surface area contributed by atoms with Crippen molar-refractivity contribution >= 4 is 15.7 Å². The van der Waals surface area contributed by atoms with Crippen LogP contribution in [0, 0.1) is 5.95 Å². The average Bonchev–Trinajstić information content (AvgIpc) is 2.59. The fourth-order valence-electron chi connectivity index (χ4n) is 1.69. The number of amides is 1. The topological polar surface area (TPSA) is 76.1 Å². The largest absolute Gasteiger partial charge is 0.348 e. The Morgan fingerprint density at radius 1 is 1.47 bits per heavy atom. The van der Waals surface area contributed by atoms with Gasteiger partial charge in [-0.15, -0.1) is 0 Å². The van der Waals surface area contributed by atoms with Gasteiger partial charge in [-0.3, -0.25) is 4.79 Å². The number of sulfone groups is 1. The van der Waals surface area contributed by atoms with E-state index in [9.17, 15) is 17.6 Å². The van der Waals surface area contributed by atoms with Crippen LogP contribution >= 0.6 is 0 Å². The van der Waals surface area contributed by atoms with Crippen LogP contribution in [0.15, 0.2) is 18.3 Å². The predicted octanol–water partition coefficient (Wildman–Crippen LogP) is 0.138. The molecule has 1 saturated heterocycles. The molecule has 1 atom stereocenters. The monoisotopic (exact) mass is 258 g/mol. The molecular formula is C10H11FN2O3S. The van der Waals surface area contributed by atoms with Crippen LogP contribution < -0.4 is 5.32 Å². The molecule has 1 amide bonds. The maximum Gasteiger partial charge on any atom is 0.253 e. The molecule has 1 aliphatic rings. The molecule has 0 bridgehead atoms. The summed E-state index contributed by atoms with van der Waals surface area (Å²) in [6, 6.07) is 2.03. The Kier molecular flexibility index (Phi) is 3.10. The van der Waals surface area contributed by atoms with Crippen LogP contribution in [0.1, 0.15) is 16.8 Å². The van der Waals surface area contributed by atoms with Crippen LogP contribution in [0.5, 0.6) is 0 Å².